The third-order valence-corrected chi connectivity index (χ3v) is 3.41. The highest BCUT2D eigenvalue weighted by molar-refractivity contribution is 5.69. The van der Waals surface area contributed by atoms with Crippen LogP contribution in [0.3, 0.4) is 0 Å². The molecule has 0 bridgehead atoms. The molecule has 1 amide bonds. The summed E-state index contributed by atoms with van der Waals surface area (Å²) in [7, 11) is 0. The number of hydrogen-bond donors (Lipinski definition) is 2. The van der Waals surface area contributed by atoms with E-state index in [9.17, 15) is 9.90 Å². The number of rotatable bonds is 3. The number of benzene rings is 1. The van der Waals surface area contributed by atoms with Gasteiger partial charge >= 0.3 is 6.09 Å². The molecule has 1 fully saturated rings. The largest absolute Gasteiger partial charge is 0.508 e. The van der Waals surface area contributed by atoms with Gasteiger partial charge in [-0.3, -0.25) is 0 Å². The lowest BCUT2D eigenvalue weighted by atomic mass is 10.0. The lowest BCUT2D eigenvalue weighted by molar-refractivity contribution is 0.00434. The summed E-state index contributed by atoms with van der Waals surface area (Å²) in [6, 6.07) is 7.62. The summed E-state index contributed by atoms with van der Waals surface area (Å²) in [6.07, 6.45) is -0.252. The van der Waals surface area contributed by atoms with Crippen LogP contribution in [0, 0.1) is 0 Å². The number of amides is 1. The Labute approximate surface area is 125 Å². The molecule has 5 heteroatoms. The molecule has 21 heavy (non-hydrogen) atoms. The van der Waals surface area contributed by atoms with Gasteiger partial charge in [0.25, 0.3) is 0 Å². The normalized spacial score (nSPS) is 17.2. The Hall–Kier alpha value is -1.75. The van der Waals surface area contributed by atoms with Crippen molar-refractivity contribution in [1.82, 2.24) is 10.2 Å². The molecule has 1 aromatic rings. The van der Waals surface area contributed by atoms with E-state index in [1.54, 1.807) is 17.0 Å². The average Bonchev–Trinajstić information content (AvgIpc) is 2.31. The summed E-state index contributed by atoms with van der Waals surface area (Å²) in [5, 5.41) is 12.8. The van der Waals surface area contributed by atoms with Crippen molar-refractivity contribution in [3.8, 4) is 5.75 Å². The Balaban J connectivity index is 1.77. The van der Waals surface area contributed by atoms with E-state index < -0.39 is 5.60 Å². The summed E-state index contributed by atoms with van der Waals surface area (Å²) in [5.74, 6) is 0.269. The van der Waals surface area contributed by atoms with Gasteiger partial charge in [0, 0.05) is 25.2 Å². The molecule has 1 aliphatic heterocycles. The highest BCUT2D eigenvalue weighted by Crippen LogP contribution is 2.20. The average molecular weight is 292 g/mol. The van der Waals surface area contributed by atoms with Gasteiger partial charge in [0.05, 0.1) is 0 Å². The van der Waals surface area contributed by atoms with Gasteiger partial charge in [-0.1, -0.05) is 12.1 Å². The molecule has 0 radical (unpaired) electrons. The zero-order valence-corrected chi connectivity index (χ0v) is 13.1. The van der Waals surface area contributed by atoms with Crippen molar-refractivity contribution < 1.29 is 14.6 Å². The van der Waals surface area contributed by atoms with E-state index in [1.807, 2.05) is 32.9 Å². The van der Waals surface area contributed by atoms with Gasteiger partial charge in [0.2, 0.25) is 0 Å². The van der Waals surface area contributed by atoms with Gasteiger partial charge < -0.3 is 20.1 Å². The molecule has 2 rings (SSSR count). The van der Waals surface area contributed by atoms with E-state index in [0.29, 0.717) is 13.1 Å². The second-order valence-electron chi connectivity index (χ2n) is 6.56. The second-order valence-corrected chi connectivity index (χ2v) is 6.56. The topological polar surface area (TPSA) is 61.8 Å². The molecule has 1 aromatic carbocycles. The van der Waals surface area contributed by atoms with Crippen molar-refractivity contribution in [2.45, 2.75) is 45.4 Å². The summed E-state index contributed by atoms with van der Waals surface area (Å²) < 4.78 is 5.32. The molecule has 5 nitrogen and oxygen atoms in total. The Morgan fingerprint density at radius 2 is 1.90 bits per heavy atom. The first kappa shape index (κ1) is 15.6. The smallest absolute Gasteiger partial charge is 0.410 e. The van der Waals surface area contributed by atoms with Gasteiger partial charge in [-0.15, -0.1) is 0 Å². The number of carbonyl (C=O) groups is 1. The number of nitrogens with zero attached hydrogens (tertiary/aromatic N) is 1. The maximum Gasteiger partial charge on any atom is 0.410 e. The minimum atomic E-state index is -0.449. The molecular weight excluding hydrogens is 268 g/mol. The van der Waals surface area contributed by atoms with Crippen LogP contribution in [0.15, 0.2) is 24.3 Å². The highest BCUT2D eigenvalue weighted by atomic mass is 16.6. The number of phenols is 1. The van der Waals surface area contributed by atoms with Crippen LogP contribution >= 0.6 is 0 Å². The lowest BCUT2D eigenvalue weighted by Crippen LogP contribution is -2.60. The van der Waals surface area contributed by atoms with Crippen LogP contribution < -0.4 is 5.32 Å². The van der Waals surface area contributed by atoms with Crippen LogP contribution in [-0.2, 0) is 4.74 Å². The zero-order valence-electron chi connectivity index (χ0n) is 13.1. The van der Waals surface area contributed by atoms with Gasteiger partial charge in [0.1, 0.15) is 11.4 Å². The van der Waals surface area contributed by atoms with E-state index in [0.717, 1.165) is 5.56 Å². The standard InChI is InChI=1S/C16H24N2O3/c1-11(12-5-7-14(19)8-6-12)17-13-9-18(10-13)15(20)21-16(2,3)4/h5-8,11,13,17,19H,9-10H2,1-4H3. The fourth-order valence-corrected chi connectivity index (χ4v) is 2.27. The van der Waals surface area contributed by atoms with Crippen molar-refractivity contribution in [3.05, 3.63) is 29.8 Å². The first-order chi connectivity index (χ1) is 9.74. The van der Waals surface area contributed by atoms with E-state index in [1.165, 1.54) is 0 Å². The Morgan fingerprint density at radius 3 is 2.43 bits per heavy atom. The number of hydrogen-bond acceptors (Lipinski definition) is 4. The summed E-state index contributed by atoms with van der Waals surface area (Å²) in [4.78, 5) is 13.5. The van der Waals surface area contributed by atoms with E-state index in [-0.39, 0.29) is 23.9 Å². The molecule has 0 aliphatic carbocycles. The lowest BCUT2D eigenvalue weighted by Gasteiger charge is -2.41. The van der Waals surface area contributed by atoms with Crippen LogP contribution in [0.5, 0.6) is 5.75 Å². The van der Waals surface area contributed by atoms with Gasteiger partial charge in [-0.2, -0.15) is 0 Å². The molecule has 116 valence electrons. The monoisotopic (exact) mass is 292 g/mol. The van der Waals surface area contributed by atoms with Gasteiger partial charge in [-0.25, -0.2) is 4.79 Å². The number of phenolic OH excluding ortho intramolecular Hbond substituents is 1. The number of carbonyl (C=O) groups excluding carboxylic acids is 1. The molecule has 1 heterocycles. The fraction of sp³-hybridized carbons (Fsp3) is 0.562. The first-order valence-electron chi connectivity index (χ1n) is 7.27. The molecule has 0 aromatic heterocycles. The van der Waals surface area contributed by atoms with Crippen LogP contribution in [0.4, 0.5) is 4.79 Å². The van der Waals surface area contributed by atoms with E-state index in [4.69, 9.17) is 4.74 Å². The fourth-order valence-electron chi connectivity index (χ4n) is 2.27. The van der Waals surface area contributed by atoms with Crippen LogP contribution in [0.25, 0.3) is 0 Å². The predicted molar refractivity (Wildman–Crippen MR) is 81.3 cm³/mol. The third kappa shape index (κ3) is 4.36. The quantitative estimate of drug-likeness (QED) is 0.899. The maximum atomic E-state index is 11.8. The van der Waals surface area contributed by atoms with Gasteiger partial charge in [-0.05, 0) is 45.4 Å². The summed E-state index contributed by atoms with van der Waals surface area (Å²) in [6.45, 7) is 9.01. The van der Waals surface area contributed by atoms with Crippen molar-refractivity contribution in [2.75, 3.05) is 13.1 Å². The van der Waals surface area contributed by atoms with Crippen molar-refractivity contribution in [2.24, 2.45) is 0 Å². The van der Waals surface area contributed by atoms with E-state index in [2.05, 4.69) is 12.2 Å². The van der Waals surface area contributed by atoms with Crippen molar-refractivity contribution in [1.29, 1.82) is 0 Å². The molecule has 1 atom stereocenters. The molecule has 0 spiro atoms. The molecular formula is C16H24N2O3. The van der Waals surface area contributed by atoms with Crippen LogP contribution in [0.1, 0.15) is 39.3 Å². The minimum absolute atomic E-state index is 0.177. The Kier molecular flexibility index (Phi) is 4.42. The highest BCUT2D eigenvalue weighted by Gasteiger charge is 2.34. The zero-order chi connectivity index (χ0) is 15.6. The number of aromatic hydroxyl groups is 1. The van der Waals surface area contributed by atoms with E-state index >= 15 is 0 Å². The Bertz CT molecular complexity index is 487. The predicted octanol–water partition coefficient (Wildman–Crippen LogP) is 2.66. The minimum Gasteiger partial charge on any atom is -0.508 e. The maximum absolute atomic E-state index is 11.8. The number of nitrogens with one attached hydrogen (secondary N) is 1. The molecule has 1 aliphatic rings. The first-order valence-corrected chi connectivity index (χ1v) is 7.27. The second kappa shape index (κ2) is 5.93. The molecule has 0 saturated carbocycles. The van der Waals surface area contributed by atoms with Crippen LogP contribution in [-0.4, -0.2) is 40.8 Å². The van der Waals surface area contributed by atoms with Crippen molar-refractivity contribution >= 4 is 6.09 Å². The number of ether oxygens (including phenoxy) is 1. The SMILES string of the molecule is CC(NC1CN(C(=O)OC(C)(C)C)C1)c1ccc(O)cc1. The molecule has 2 N–H and O–H groups in total. The van der Waals surface area contributed by atoms with Crippen LogP contribution in [0.2, 0.25) is 0 Å². The van der Waals surface area contributed by atoms with Gasteiger partial charge in [0.15, 0.2) is 0 Å². The third-order valence-electron chi connectivity index (χ3n) is 3.41. The Morgan fingerprint density at radius 1 is 1.33 bits per heavy atom. The summed E-state index contributed by atoms with van der Waals surface area (Å²) in [5.41, 5.74) is 0.665. The summed E-state index contributed by atoms with van der Waals surface area (Å²) >= 11 is 0. The molecule has 1 saturated heterocycles. The van der Waals surface area contributed by atoms with Crippen molar-refractivity contribution in [3.63, 3.8) is 0 Å². The number of likely N-dealkylation sites (tertiary alicyclic amines) is 1. The molecule has 1 unspecified atom stereocenters.